The molecular formula is C23H20O7. The Kier molecular flexibility index (Phi) is 4.72. The predicted octanol–water partition coefficient (Wildman–Crippen LogP) is 2.41. The van der Waals surface area contributed by atoms with E-state index in [-0.39, 0.29) is 40.8 Å². The molecule has 0 heterocycles. The molecule has 3 aromatic rings. The molecule has 1 aliphatic rings. The second kappa shape index (κ2) is 7.12. The monoisotopic (exact) mass is 408 g/mol. The Bertz CT molecular complexity index is 1210. The molecule has 0 amide bonds. The number of hydrogen-bond acceptors (Lipinski definition) is 7. The molecule has 5 N–H and O–H groups in total. The van der Waals surface area contributed by atoms with Crippen molar-refractivity contribution in [1.82, 2.24) is 0 Å². The molecule has 7 nitrogen and oxygen atoms in total. The minimum absolute atomic E-state index is 0.0239. The normalized spacial score (nSPS) is 15.0. The zero-order chi connectivity index (χ0) is 21.7. The number of rotatable bonds is 4. The van der Waals surface area contributed by atoms with Gasteiger partial charge in [-0.1, -0.05) is 18.2 Å². The third-order valence-corrected chi connectivity index (χ3v) is 5.34. The van der Waals surface area contributed by atoms with Gasteiger partial charge in [0, 0.05) is 22.6 Å². The summed E-state index contributed by atoms with van der Waals surface area (Å²) in [6, 6.07) is 8.64. The molecule has 0 saturated carbocycles. The highest BCUT2D eigenvalue weighted by molar-refractivity contribution is 6.32. The summed E-state index contributed by atoms with van der Waals surface area (Å²) in [7, 11) is 0. The standard InChI is InChI=1S/C23H20O7/c1-10(24)5-13(25)6-11-3-2-4-12-7-15-20(22(29)18(11)12)23(30)19-16(21(15)28)8-14(26)9-17(19)27/h2-4,7-10,13,24-27,29H,5-6H2,1H3. The van der Waals surface area contributed by atoms with E-state index < -0.39 is 35.3 Å². The molecule has 2 unspecified atom stereocenters. The third kappa shape index (κ3) is 3.08. The maximum Gasteiger partial charge on any atom is 0.201 e. The summed E-state index contributed by atoms with van der Waals surface area (Å²) in [5.41, 5.74) is -0.0941. The molecular weight excluding hydrogens is 388 g/mol. The quantitative estimate of drug-likeness (QED) is 0.350. The number of aliphatic hydroxyl groups excluding tert-OH is 2. The van der Waals surface area contributed by atoms with Crippen LogP contribution in [-0.4, -0.2) is 49.3 Å². The van der Waals surface area contributed by atoms with Gasteiger partial charge in [0.25, 0.3) is 0 Å². The van der Waals surface area contributed by atoms with Crippen LogP contribution < -0.4 is 0 Å². The summed E-state index contributed by atoms with van der Waals surface area (Å²) in [4.78, 5) is 26.1. The van der Waals surface area contributed by atoms with Crippen LogP contribution >= 0.6 is 0 Å². The van der Waals surface area contributed by atoms with Gasteiger partial charge in [0.15, 0.2) is 5.78 Å². The van der Waals surface area contributed by atoms with Gasteiger partial charge in [-0.2, -0.15) is 0 Å². The van der Waals surface area contributed by atoms with Gasteiger partial charge in [-0.05, 0) is 42.8 Å². The van der Waals surface area contributed by atoms with E-state index in [4.69, 9.17) is 0 Å². The molecule has 7 heteroatoms. The Labute approximate surface area is 171 Å². The van der Waals surface area contributed by atoms with Crippen LogP contribution in [0.3, 0.4) is 0 Å². The van der Waals surface area contributed by atoms with Crippen LogP contribution in [0.25, 0.3) is 10.8 Å². The van der Waals surface area contributed by atoms with Crippen LogP contribution in [0.4, 0.5) is 0 Å². The topological polar surface area (TPSA) is 135 Å². The van der Waals surface area contributed by atoms with Gasteiger partial charge in [-0.15, -0.1) is 0 Å². The highest BCUT2D eigenvalue weighted by atomic mass is 16.3. The van der Waals surface area contributed by atoms with Gasteiger partial charge in [0.1, 0.15) is 17.2 Å². The number of ketones is 2. The Morgan fingerprint density at radius 3 is 2.30 bits per heavy atom. The number of phenols is 3. The molecule has 0 spiro atoms. The number of carbonyl (C=O) groups excluding carboxylic acids is 2. The average Bonchev–Trinajstić information content (AvgIpc) is 2.64. The lowest BCUT2D eigenvalue weighted by atomic mass is 9.80. The summed E-state index contributed by atoms with van der Waals surface area (Å²) < 4.78 is 0. The van der Waals surface area contributed by atoms with Crippen molar-refractivity contribution in [3.05, 3.63) is 64.2 Å². The smallest absolute Gasteiger partial charge is 0.201 e. The summed E-state index contributed by atoms with van der Waals surface area (Å²) in [5.74, 6) is -2.62. The summed E-state index contributed by atoms with van der Waals surface area (Å²) in [6.07, 6.45) is -1.29. The van der Waals surface area contributed by atoms with Gasteiger partial charge in [0.2, 0.25) is 5.78 Å². The van der Waals surface area contributed by atoms with Gasteiger partial charge in [-0.3, -0.25) is 9.59 Å². The fraction of sp³-hybridized carbons (Fsp3) is 0.217. The van der Waals surface area contributed by atoms with Crippen LogP contribution in [0.5, 0.6) is 17.2 Å². The van der Waals surface area contributed by atoms with E-state index in [1.807, 2.05) is 0 Å². The van der Waals surface area contributed by atoms with Crippen molar-refractivity contribution in [1.29, 1.82) is 0 Å². The minimum atomic E-state index is -0.865. The van der Waals surface area contributed by atoms with Crippen LogP contribution in [0.2, 0.25) is 0 Å². The van der Waals surface area contributed by atoms with Crippen molar-refractivity contribution in [2.75, 3.05) is 0 Å². The Hall–Kier alpha value is -3.42. The first kappa shape index (κ1) is 19.9. The van der Waals surface area contributed by atoms with Crippen LogP contribution in [-0.2, 0) is 6.42 Å². The predicted molar refractivity (Wildman–Crippen MR) is 108 cm³/mol. The van der Waals surface area contributed by atoms with Crippen molar-refractivity contribution in [3.8, 4) is 17.2 Å². The highest BCUT2D eigenvalue weighted by Crippen LogP contribution is 2.42. The number of carbonyl (C=O) groups is 2. The van der Waals surface area contributed by atoms with Crippen LogP contribution in [0.15, 0.2) is 36.4 Å². The average molecular weight is 408 g/mol. The molecule has 0 aromatic heterocycles. The third-order valence-electron chi connectivity index (χ3n) is 5.34. The Morgan fingerprint density at radius 1 is 0.900 bits per heavy atom. The fourth-order valence-electron chi connectivity index (χ4n) is 4.12. The van der Waals surface area contributed by atoms with E-state index in [9.17, 15) is 35.1 Å². The lowest BCUT2D eigenvalue weighted by molar-refractivity contribution is 0.0910. The van der Waals surface area contributed by atoms with Gasteiger partial charge >= 0.3 is 0 Å². The molecule has 3 aromatic carbocycles. The number of phenolic OH excluding ortho intramolecular Hbond substituents is 3. The summed E-state index contributed by atoms with van der Waals surface area (Å²) in [5, 5.41) is 51.4. The Morgan fingerprint density at radius 2 is 1.60 bits per heavy atom. The van der Waals surface area contributed by atoms with Crippen molar-refractivity contribution < 1.29 is 35.1 Å². The van der Waals surface area contributed by atoms with E-state index in [1.165, 1.54) is 6.07 Å². The van der Waals surface area contributed by atoms with Gasteiger partial charge in [-0.25, -0.2) is 0 Å². The lowest BCUT2D eigenvalue weighted by Gasteiger charge is -2.22. The second-order valence-electron chi connectivity index (χ2n) is 7.65. The molecule has 2 atom stereocenters. The fourth-order valence-corrected chi connectivity index (χ4v) is 4.12. The van der Waals surface area contributed by atoms with Crippen molar-refractivity contribution in [2.24, 2.45) is 0 Å². The first-order chi connectivity index (χ1) is 14.2. The maximum atomic E-state index is 13.1. The first-order valence-electron chi connectivity index (χ1n) is 9.48. The number of benzene rings is 3. The van der Waals surface area contributed by atoms with E-state index in [1.54, 1.807) is 25.1 Å². The second-order valence-corrected chi connectivity index (χ2v) is 7.65. The minimum Gasteiger partial charge on any atom is -0.508 e. The number of aromatic hydroxyl groups is 3. The zero-order valence-electron chi connectivity index (χ0n) is 16.1. The molecule has 0 radical (unpaired) electrons. The number of aliphatic hydroxyl groups is 2. The van der Waals surface area contributed by atoms with Crippen molar-refractivity contribution >= 4 is 22.3 Å². The van der Waals surface area contributed by atoms with Crippen molar-refractivity contribution in [3.63, 3.8) is 0 Å². The maximum absolute atomic E-state index is 13.1. The lowest BCUT2D eigenvalue weighted by Crippen LogP contribution is -2.21. The SMILES string of the molecule is CC(O)CC(O)Cc1cccc2cc3c(c(O)c12)C(=O)c1c(O)cc(O)cc1C3=O. The molecule has 1 aliphatic carbocycles. The van der Waals surface area contributed by atoms with E-state index in [2.05, 4.69) is 0 Å². The van der Waals surface area contributed by atoms with Gasteiger partial charge < -0.3 is 25.5 Å². The first-order valence-corrected chi connectivity index (χ1v) is 9.48. The number of fused-ring (bicyclic) bond motifs is 3. The summed E-state index contributed by atoms with van der Waals surface area (Å²) >= 11 is 0. The summed E-state index contributed by atoms with van der Waals surface area (Å²) in [6.45, 7) is 1.56. The van der Waals surface area contributed by atoms with Gasteiger partial charge in [0.05, 0.1) is 23.3 Å². The molecule has 0 fully saturated rings. The molecule has 30 heavy (non-hydrogen) atoms. The van der Waals surface area contributed by atoms with Crippen LogP contribution in [0.1, 0.15) is 50.8 Å². The largest absolute Gasteiger partial charge is 0.508 e. The highest BCUT2D eigenvalue weighted by Gasteiger charge is 2.36. The molecule has 0 bridgehead atoms. The van der Waals surface area contributed by atoms with E-state index in [0.717, 1.165) is 12.1 Å². The Balaban J connectivity index is 1.93. The van der Waals surface area contributed by atoms with Crippen LogP contribution in [0, 0.1) is 0 Å². The van der Waals surface area contributed by atoms with E-state index in [0.29, 0.717) is 16.3 Å². The van der Waals surface area contributed by atoms with Crippen molar-refractivity contribution in [2.45, 2.75) is 32.0 Å². The zero-order valence-corrected chi connectivity index (χ0v) is 16.1. The number of hydrogen-bond donors (Lipinski definition) is 5. The molecule has 0 saturated heterocycles. The molecule has 154 valence electrons. The molecule has 0 aliphatic heterocycles. The molecule has 4 rings (SSSR count). The van der Waals surface area contributed by atoms with E-state index >= 15 is 0 Å².